The maximum absolute atomic E-state index is 12.8. The molecule has 552 valence electrons. The highest BCUT2D eigenvalue weighted by molar-refractivity contribution is 5.73. The van der Waals surface area contributed by atoms with E-state index in [9.17, 15) is 132 Å². The molecule has 0 aromatic carbocycles. The van der Waals surface area contributed by atoms with Gasteiger partial charge in [-0.15, -0.1) is 0 Å². The van der Waals surface area contributed by atoms with Crippen molar-refractivity contribution >= 4 is 11.8 Å². The molecule has 0 bridgehead atoms. The Morgan fingerprint density at radius 2 is 0.568 bits per heavy atom. The first-order chi connectivity index (χ1) is 44.9. The molecule has 8 aliphatic rings. The lowest BCUT2D eigenvalue weighted by molar-refractivity contribution is -0.389. The Morgan fingerprint density at radius 1 is 0.274 bits per heavy atom. The molecule has 8 saturated heterocycles. The van der Waals surface area contributed by atoms with Crippen molar-refractivity contribution in [1.82, 2.24) is 10.6 Å². The second-order valence-electron chi connectivity index (χ2n) is 23.9. The molecule has 8 rings (SSSR count). The van der Waals surface area contributed by atoms with Crippen molar-refractivity contribution < 1.29 is 203 Å². The van der Waals surface area contributed by atoms with Crippen LogP contribution < -0.4 is 10.6 Å². The number of amides is 2. The van der Waals surface area contributed by atoms with E-state index in [4.69, 9.17) is 71.1 Å². The van der Waals surface area contributed by atoms with Gasteiger partial charge in [0.15, 0.2) is 50.3 Å². The van der Waals surface area contributed by atoms with E-state index in [1.807, 2.05) is 0 Å². The van der Waals surface area contributed by atoms with Crippen LogP contribution in [-0.2, 0) is 80.6 Å². The predicted molar refractivity (Wildman–Crippen MR) is 288 cm³/mol. The lowest BCUT2D eigenvalue weighted by Gasteiger charge is -2.50. The fourth-order valence-corrected chi connectivity index (χ4v) is 12.1. The fourth-order valence-electron chi connectivity index (χ4n) is 12.1. The summed E-state index contributed by atoms with van der Waals surface area (Å²) < 4.78 is 86.5. The number of carbonyl (C=O) groups excluding carboxylic acids is 2. The van der Waals surface area contributed by atoms with E-state index < -0.39 is 310 Å². The molecule has 0 aromatic rings. The van der Waals surface area contributed by atoms with Gasteiger partial charge < -0.3 is 204 Å². The van der Waals surface area contributed by atoms with Crippen molar-refractivity contribution in [2.24, 2.45) is 0 Å². The number of rotatable bonds is 24. The molecule has 40 atom stereocenters. The SMILES string of the molecule is CC(=O)N[C@@H]1[C@@H](O)[C@H](O[C@@H]2O[C@H](CO)[C@@H](O[C@@H]3O[C@H](CO[C@H]4O[C@H](CO[C@H]5O[C@H](CO)[C@@H](O)[C@H](O)[C@@H]5O[C@H]5O[C@H](CO)[C@@H](O)[C@H](O)[C@@H]5O)[C@@H](O)[C@H](O[C@@H]5O[C@H](CO)[C@@H](O)[C@H](O)[C@@H]5O)[C@@H]4O)[C@@H](O)[C@H](O[C@@H]4O[C@H](CO)[C@@H](O)[C@H](O)[C@@H]4O)[C@@H]3O)[C@H](O)[C@H]2NC(C)=O)[C@@H](CO)O[C@H]1O. The van der Waals surface area contributed by atoms with Crippen LogP contribution in [0.15, 0.2) is 0 Å². The molecule has 26 N–H and O–H groups in total. The van der Waals surface area contributed by atoms with Crippen LogP contribution in [0.3, 0.4) is 0 Å². The first-order valence-corrected chi connectivity index (χ1v) is 30.1. The summed E-state index contributed by atoms with van der Waals surface area (Å²) in [5.74, 6) is -1.65. The molecule has 0 aliphatic carbocycles. The number of hydrogen-bond acceptors (Lipinski definition) is 41. The van der Waals surface area contributed by atoms with E-state index in [-0.39, 0.29) is 0 Å². The van der Waals surface area contributed by atoms with Crippen molar-refractivity contribution in [3.05, 3.63) is 0 Å². The van der Waals surface area contributed by atoms with Crippen LogP contribution in [0.25, 0.3) is 0 Å². The van der Waals surface area contributed by atoms with Crippen LogP contribution in [-0.4, -0.2) is 433 Å². The molecule has 0 radical (unpaired) electrons. The smallest absolute Gasteiger partial charge is 0.217 e. The zero-order chi connectivity index (χ0) is 69.9. The zero-order valence-electron chi connectivity index (χ0n) is 50.4. The molecule has 8 aliphatic heterocycles. The number of aliphatic hydroxyl groups excluding tert-OH is 24. The van der Waals surface area contributed by atoms with Crippen LogP contribution in [0.1, 0.15) is 13.8 Å². The number of nitrogens with one attached hydrogen (secondary N) is 2. The Balaban J connectivity index is 1.09. The molecule has 43 heteroatoms. The van der Waals surface area contributed by atoms with Gasteiger partial charge in [-0.3, -0.25) is 9.59 Å². The van der Waals surface area contributed by atoms with Crippen LogP contribution in [0.4, 0.5) is 0 Å². The fraction of sp³-hybridized carbons (Fsp3) is 0.962. The summed E-state index contributed by atoms with van der Waals surface area (Å²) in [7, 11) is 0. The molecule has 0 aromatic heterocycles. The second-order valence-corrected chi connectivity index (χ2v) is 23.9. The maximum atomic E-state index is 12.8. The first kappa shape index (κ1) is 78.1. The topological polar surface area (TPSA) is 682 Å². The monoisotopic (exact) mass is 1400 g/mol. The van der Waals surface area contributed by atoms with Crippen molar-refractivity contribution in [3.8, 4) is 0 Å². The first-order valence-electron chi connectivity index (χ1n) is 30.1. The Kier molecular flexibility index (Phi) is 27.9. The molecule has 0 saturated carbocycles. The molecule has 0 spiro atoms. The Labute approximate surface area is 536 Å². The van der Waals surface area contributed by atoms with E-state index in [0.717, 1.165) is 13.8 Å². The van der Waals surface area contributed by atoms with Gasteiger partial charge in [-0.1, -0.05) is 0 Å². The third kappa shape index (κ3) is 17.0. The lowest BCUT2D eigenvalue weighted by Crippen LogP contribution is -2.70. The summed E-state index contributed by atoms with van der Waals surface area (Å²) in [4.78, 5) is 24.8. The summed E-state index contributed by atoms with van der Waals surface area (Å²) in [6.45, 7) is -6.23. The van der Waals surface area contributed by atoms with Crippen molar-refractivity contribution in [1.29, 1.82) is 0 Å². The molecular weight excluding hydrogens is 1310 g/mol. The van der Waals surface area contributed by atoms with Gasteiger partial charge in [0, 0.05) is 13.8 Å². The van der Waals surface area contributed by atoms with Crippen molar-refractivity contribution in [2.75, 3.05) is 52.9 Å². The normalized spacial score (nSPS) is 50.8. The van der Waals surface area contributed by atoms with E-state index in [2.05, 4.69) is 10.6 Å². The van der Waals surface area contributed by atoms with Gasteiger partial charge in [0.1, 0.15) is 195 Å². The summed E-state index contributed by atoms with van der Waals surface area (Å²) in [6, 6.07) is -3.44. The maximum Gasteiger partial charge on any atom is 0.217 e. The van der Waals surface area contributed by atoms with Gasteiger partial charge >= 0.3 is 0 Å². The average molecular weight is 1400 g/mol. The summed E-state index contributed by atoms with van der Waals surface area (Å²) in [5, 5.41) is 265. The Bertz CT molecular complexity index is 2380. The molecular formula is C52H88N2O41. The molecule has 8 fully saturated rings. The number of hydrogen-bond donors (Lipinski definition) is 26. The van der Waals surface area contributed by atoms with Crippen LogP contribution in [0.5, 0.6) is 0 Å². The largest absolute Gasteiger partial charge is 0.394 e. The lowest BCUT2D eigenvalue weighted by atomic mass is 9.94. The highest BCUT2D eigenvalue weighted by atomic mass is 16.8. The van der Waals surface area contributed by atoms with Gasteiger partial charge in [0.05, 0.1) is 52.9 Å². The summed E-state index contributed by atoms with van der Waals surface area (Å²) in [5.41, 5.74) is 0. The number of aliphatic hydroxyl groups is 24. The number of ether oxygens (including phenoxy) is 15. The average Bonchev–Trinajstić information content (AvgIpc) is 0.780. The van der Waals surface area contributed by atoms with Crippen molar-refractivity contribution in [3.63, 3.8) is 0 Å². The third-order valence-corrected chi connectivity index (χ3v) is 17.4. The standard InChI is InChI=1S/C52H88N2O41/c1-11(61)53-21-29(69)40(17(7-59)83-45(21)80)91-46-22(54-12(2)62)30(70)41(18(8-60)88-46)92-51-39(79)43(94-49-36(76)32(72)24(64)14(4-56)85-49)28(68)20(90-51)9-81-47-38(78)42(93-48-35(75)31(71)23(63)13(3-55)84-48)27(67)19(89-47)10-82-52-44(34(74)26(66)16(6-58)87-52)95-50-37(77)33(73)25(65)15(5-57)86-50/h13-52,55-60,63-80H,3-10H2,1-2H3,(H,53,61)(H,54,62)/t13-,14-,15-,16-,17-,18-,19-,20-,21-,22-,23-,24-,25-,26-,27-,28-,29-,30-,31+,32+,33+,34+,35+,36+,37+,38+,39+,40-,41-,42+,43+,44+,45-,46+,47+,48+,49+,50-,51+,52+/m1/s1. The minimum atomic E-state index is -2.39. The predicted octanol–water partition coefficient (Wildman–Crippen LogP) is -18.2. The second kappa shape index (κ2) is 33.9. The summed E-state index contributed by atoms with van der Waals surface area (Å²) >= 11 is 0. The van der Waals surface area contributed by atoms with E-state index >= 15 is 0 Å². The van der Waals surface area contributed by atoms with Crippen LogP contribution in [0.2, 0.25) is 0 Å². The van der Waals surface area contributed by atoms with E-state index in [1.54, 1.807) is 0 Å². The minimum absolute atomic E-state index is 0.756. The molecule has 0 unspecified atom stereocenters. The van der Waals surface area contributed by atoms with Gasteiger partial charge in [0.2, 0.25) is 11.8 Å². The molecule has 2 amide bonds. The highest BCUT2D eigenvalue weighted by Crippen LogP contribution is 2.38. The third-order valence-electron chi connectivity index (χ3n) is 17.4. The Hall–Kier alpha value is -2.62. The Morgan fingerprint density at radius 3 is 0.989 bits per heavy atom. The number of carbonyl (C=O) groups is 2. The van der Waals surface area contributed by atoms with Crippen LogP contribution >= 0.6 is 0 Å². The van der Waals surface area contributed by atoms with Gasteiger partial charge in [-0.25, -0.2) is 0 Å². The van der Waals surface area contributed by atoms with Crippen LogP contribution in [0, 0.1) is 0 Å². The van der Waals surface area contributed by atoms with Crippen molar-refractivity contribution in [2.45, 2.75) is 259 Å². The van der Waals surface area contributed by atoms with E-state index in [0.29, 0.717) is 0 Å². The van der Waals surface area contributed by atoms with Gasteiger partial charge in [-0.2, -0.15) is 0 Å². The zero-order valence-corrected chi connectivity index (χ0v) is 50.4. The minimum Gasteiger partial charge on any atom is -0.394 e. The molecule has 8 heterocycles. The van der Waals surface area contributed by atoms with Gasteiger partial charge in [0.25, 0.3) is 0 Å². The van der Waals surface area contributed by atoms with Gasteiger partial charge in [-0.05, 0) is 0 Å². The molecule has 43 nitrogen and oxygen atoms in total. The quantitative estimate of drug-likeness (QED) is 0.0427. The molecule has 95 heavy (non-hydrogen) atoms. The highest BCUT2D eigenvalue weighted by Gasteiger charge is 2.59. The van der Waals surface area contributed by atoms with E-state index in [1.165, 1.54) is 0 Å². The summed E-state index contributed by atoms with van der Waals surface area (Å²) in [6.07, 6.45) is -77.2.